The highest BCUT2D eigenvalue weighted by Gasteiger charge is 2.22. The summed E-state index contributed by atoms with van der Waals surface area (Å²) >= 11 is 1.80. The van der Waals surface area contributed by atoms with Gasteiger partial charge in [-0.2, -0.15) is 0 Å². The molecule has 0 aliphatic carbocycles. The fourth-order valence-corrected chi connectivity index (χ4v) is 3.57. The van der Waals surface area contributed by atoms with Crippen molar-refractivity contribution in [3.63, 3.8) is 0 Å². The zero-order chi connectivity index (χ0) is 14.5. The van der Waals surface area contributed by atoms with Gasteiger partial charge in [-0.15, -0.1) is 11.3 Å². The zero-order valence-electron chi connectivity index (χ0n) is 12.3. The Morgan fingerprint density at radius 3 is 2.90 bits per heavy atom. The number of nitrogens with zero attached hydrogens (tertiary/aromatic N) is 2. The van der Waals surface area contributed by atoms with Crippen molar-refractivity contribution in [1.29, 1.82) is 0 Å². The van der Waals surface area contributed by atoms with E-state index in [9.17, 15) is 4.79 Å². The molecule has 0 aromatic carbocycles. The summed E-state index contributed by atoms with van der Waals surface area (Å²) in [5, 5.41) is 5.16. The highest BCUT2D eigenvalue weighted by molar-refractivity contribution is 7.09. The molecule has 3 heterocycles. The second-order valence-electron chi connectivity index (χ2n) is 5.76. The third-order valence-corrected chi connectivity index (χ3v) is 5.05. The van der Waals surface area contributed by atoms with E-state index in [1.54, 1.807) is 11.3 Å². The van der Waals surface area contributed by atoms with Crippen LogP contribution in [0.1, 0.15) is 11.3 Å². The molecule has 2 aliphatic rings. The quantitative estimate of drug-likeness (QED) is 0.919. The van der Waals surface area contributed by atoms with Gasteiger partial charge in [0.05, 0.1) is 6.61 Å². The van der Waals surface area contributed by atoms with Gasteiger partial charge in [-0.3, -0.25) is 4.90 Å². The first-order valence-corrected chi connectivity index (χ1v) is 8.54. The fourth-order valence-electron chi connectivity index (χ4n) is 2.82. The SMILES string of the molecule is O=C(NC[C@@H]1CCOC1)N1CCN(Cc2cccs2)CC1. The van der Waals surface area contributed by atoms with Crippen LogP contribution < -0.4 is 5.32 Å². The van der Waals surface area contributed by atoms with Crippen LogP contribution in [0, 0.1) is 5.92 Å². The molecular weight excluding hydrogens is 286 g/mol. The van der Waals surface area contributed by atoms with Crippen LogP contribution in [0.15, 0.2) is 17.5 Å². The maximum absolute atomic E-state index is 12.1. The molecule has 0 spiro atoms. The number of hydrogen-bond donors (Lipinski definition) is 1. The minimum absolute atomic E-state index is 0.0812. The molecule has 5 nitrogen and oxygen atoms in total. The van der Waals surface area contributed by atoms with Gasteiger partial charge in [-0.25, -0.2) is 4.79 Å². The third kappa shape index (κ3) is 4.18. The molecule has 0 saturated carbocycles. The summed E-state index contributed by atoms with van der Waals surface area (Å²) in [4.78, 5) is 17.9. The summed E-state index contributed by atoms with van der Waals surface area (Å²) in [6.07, 6.45) is 1.06. The molecule has 1 aromatic rings. The Balaban J connectivity index is 1.37. The maximum atomic E-state index is 12.1. The number of thiophene rings is 1. The molecular formula is C15H23N3O2S. The molecule has 2 saturated heterocycles. The van der Waals surface area contributed by atoms with Gasteiger partial charge < -0.3 is 15.0 Å². The maximum Gasteiger partial charge on any atom is 0.317 e. The summed E-state index contributed by atoms with van der Waals surface area (Å²) in [5.41, 5.74) is 0. The number of carbonyl (C=O) groups is 1. The molecule has 3 rings (SSSR count). The molecule has 2 amide bonds. The van der Waals surface area contributed by atoms with Crippen LogP contribution in [0.4, 0.5) is 4.79 Å². The van der Waals surface area contributed by atoms with Gasteiger partial charge in [0.1, 0.15) is 0 Å². The third-order valence-electron chi connectivity index (χ3n) is 4.19. The lowest BCUT2D eigenvalue weighted by Gasteiger charge is -2.34. The van der Waals surface area contributed by atoms with Crippen LogP contribution in [-0.2, 0) is 11.3 Å². The zero-order valence-corrected chi connectivity index (χ0v) is 13.1. The number of hydrogen-bond acceptors (Lipinski definition) is 4. The number of amides is 2. The van der Waals surface area contributed by atoms with E-state index in [0.717, 1.165) is 58.9 Å². The van der Waals surface area contributed by atoms with Gasteiger partial charge in [0.2, 0.25) is 0 Å². The van der Waals surface area contributed by atoms with Crippen molar-refractivity contribution in [2.45, 2.75) is 13.0 Å². The lowest BCUT2D eigenvalue weighted by atomic mass is 10.1. The van der Waals surface area contributed by atoms with Crippen LogP contribution in [-0.4, -0.2) is 61.8 Å². The van der Waals surface area contributed by atoms with E-state index in [0.29, 0.717) is 5.92 Å². The van der Waals surface area contributed by atoms with Gasteiger partial charge >= 0.3 is 6.03 Å². The summed E-state index contributed by atoms with van der Waals surface area (Å²) in [5.74, 6) is 0.495. The first-order chi connectivity index (χ1) is 10.3. The second kappa shape index (κ2) is 7.24. The van der Waals surface area contributed by atoms with Crippen molar-refractivity contribution in [2.24, 2.45) is 5.92 Å². The molecule has 116 valence electrons. The van der Waals surface area contributed by atoms with Crippen molar-refractivity contribution in [3.05, 3.63) is 22.4 Å². The highest BCUT2D eigenvalue weighted by atomic mass is 32.1. The molecule has 1 atom stereocenters. The van der Waals surface area contributed by atoms with Crippen LogP contribution >= 0.6 is 11.3 Å². The topological polar surface area (TPSA) is 44.8 Å². The Bertz CT molecular complexity index is 438. The summed E-state index contributed by atoms with van der Waals surface area (Å²) < 4.78 is 5.33. The Morgan fingerprint density at radius 2 is 2.24 bits per heavy atom. The first-order valence-electron chi connectivity index (χ1n) is 7.66. The Labute approximate surface area is 129 Å². The largest absolute Gasteiger partial charge is 0.381 e. The fraction of sp³-hybridized carbons (Fsp3) is 0.667. The Morgan fingerprint density at radius 1 is 1.38 bits per heavy atom. The van der Waals surface area contributed by atoms with E-state index in [1.807, 2.05) is 4.90 Å². The van der Waals surface area contributed by atoms with Gasteiger partial charge in [0, 0.05) is 56.7 Å². The van der Waals surface area contributed by atoms with Crippen molar-refractivity contribution in [2.75, 3.05) is 45.9 Å². The monoisotopic (exact) mass is 309 g/mol. The molecule has 0 bridgehead atoms. The highest BCUT2D eigenvalue weighted by Crippen LogP contribution is 2.14. The Hall–Kier alpha value is -1.11. The van der Waals surface area contributed by atoms with Crippen molar-refractivity contribution < 1.29 is 9.53 Å². The molecule has 1 N–H and O–H groups in total. The predicted molar refractivity (Wildman–Crippen MR) is 83.5 cm³/mol. The standard InChI is InChI=1S/C15H23N3O2S/c19-15(16-10-13-3-8-20-12-13)18-6-4-17(5-7-18)11-14-2-1-9-21-14/h1-2,9,13H,3-8,10-12H2,(H,16,19)/t13-/m0/s1. The number of urea groups is 1. The van der Waals surface area contributed by atoms with E-state index in [2.05, 4.69) is 27.7 Å². The number of piperazine rings is 1. The number of nitrogens with one attached hydrogen (secondary N) is 1. The second-order valence-corrected chi connectivity index (χ2v) is 6.79. The molecule has 2 aliphatic heterocycles. The molecule has 21 heavy (non-hydrogen) atoms. The average Bonchev–Trinajstić information content (AvgIpc) is 3.19. The summed E-state index contributed by atoms with van der Waals surface area (Å²) in [6, 6.07) is 4.35. The first kappa shape index (κ1) is 14.8. The average molecular weight is 309 g/mol. The lowest BCUT2D eigenvalue weighted by molar-refractivity contribution is 0.134. The van der Waals surface area contributed by atoms with E-state index in [4.69, 9.17) is 4.74 Å². The van der Waals surface area contributed by atoms with Crippen LogP contribution in [0.5, 0.6) is 0 Å². The van der Waals surface area contributed by atoms with E-state index in [1.165, 1.54) is 4.88 Å². The number of rotatable bonds is 4. The van der Waals surface area contributed by atoms with Gasteiger partial charge in [-0.1, -0.05) is 6.07 Å². The molecule has 2 fully saturated rings. The smallest absolute Gasteiger partial charge is 0.317 e. The summed E-state index contributed by atoms with van der Waals surface area (Å²) in [7, 11) is 0. The van der Waals surface area contributed by atoms with E-state index < -0.39 is 0 Å². The summed E-state index contributed by atoms with van der Waals surface area (Å²) in [6.45, 7) is 6.92. The minimum atomic E-state index is 0.0812. The molecule has 0 unspecified atom stereocenters. The van der Waals surface area contributed by atoms with E-state index in [-0.39, 0.29) is 6.03 Å². The number of ether oxygens (including phenoxy) is 1. The van der Waals surface area contributed by atoms with Crippen LogP contribution in [0.25, 0.3) is 0 Å². The number of carbonyl (C=O) groups excluding carboxylic acids is 1. The van der Waals surface area contributed by atoms with Crippen LogP contribution in [0.3, 0.4) is 0 Å². The Kier molecular flexibility index (Phi) is 5.11. The van der Waals surface area contributed by atoms with Crippen LogP contribution in [0.2, 0.25) is 0 Å². The molecule has 1 aromatic heterocycles. The minimum Gasteiger partial charge on any atom is -0.381 e. The normalized spacial score (nSPS) is 23.4. The molecule has 0 radical (unpaired) electrons. The lowest BCUT2D eigenvalue weighted by Crippen LogP contribution is -2.52. The van der Waals surface area contributed by atoms with Crippen molar-refractivity contribution in [1.82, 2.24) is 15.1 Å². The molecule has 6 heteroatoms. The van der Waals surface area contributed by atoms with Crippen molar-refractivity contribution >= 4 is 17.4 Å². The van der Waals surface area contributed by atoms with Gasteiger partial charge in [0.15, 0.2) is 0 Å². The van der Waals surface area contributed by atoms with Gasteiger partial charge in [-0.05, 0) is 17.9 Å². The van der Waals surface area contributed by atoms with Crippen molar-refractivity contribution in [3.8, 4) is 0 Å². The van der Waals surface area contributed by atoms with Gasteiger partial charge in [0.25, 0.3) is 0 Å². The van der Waals surface area contributed by atoms with E-state index >= 15 is 0 Å². The predicted octanol–water partition coefficient (Wildman–Crippen LogP) is 1.61.